The van der Waals surface area contributed by atoms with Gasteiger partial charge in [-0.15, -0.1) is 0 Å². The highest BCUT2D eigenvalue weighted by molar-refractivity contribution is 7.07. The number of carbonyl (C=O) groups is 1. The van der Waals surface area contributed by atoms with E-state index in [2.05, 4.69) is 0 Å². The molecule has 1 aliphatic heterocycles. The van der Waals surface area contributed by atoms with Crippen molar-refractivity contribution < 1.29 is 23.9 Å². The van der Waals surface area contributed by atoms with Crippen molar-refractivity contribution >= 4 is 29.1 Å². The van der Waals surface area contributed by atoms with E-state index in [-0.39, 0.29) is 23.4 Å². The highest BCUT2D eigenvalue weighted by Crippen LogP contribution is 2.39. The number of benzene rings is 4. The Morgan fingerprint density at radius 2 is 1.60 bits per heavy atom. The molecule has 0 spiro atoms. The molecule has 0 aliphatic carbocycles. The Morgan fingerprint density at radius 1 is 0.925 bits per heavy atom. The molecule has 1 atom stereocenters. The summed E-state index contributed by atoms with van der Waals surface area (Å²) < 4.78 is 20.6. The second-order valence-corrected chi connectivity index (χ2v) is 13.1. The van der Waals surface area contributed by atoms with Crippen LogP contribution in [0.1, 0.15) is 31.0 Å². The highest BCUT2D eigenvalue weighted by Gasteiger charge is 2.35. The largest absolute Gasteiger partial charge is 0.497 e. The molecule has 7 rings (SSSR count). The van der Waals surface area contributed by atoms with Crippen molar-refractivity contribution in [1.29, 1.82) is 0 Å². The summed E-state index contributed by atoms with van der Waals surface area (Å²) in [5.41, 5.74) is 5.67. The van der Waals surface area contributed by atoms with Gasteiger partial charge in [-0.1, -0.05) is 72.0 Å². The van der Waals surface area contributed by atoms with Crippen molar-refractivity contribution in [3.05, 3.63) is 161 Å². The molecule has 0 amide bonds. The molecule has 11 nitrogen and oxygen atoms in total. The molecule has 0 radical (unpaired) electrons. The van der Waals surface area contributed by atoms with Crippen molar-refractivity contribution in [2.75, 3.05) is 20.8 Å². The lowest BCUT2D eigenvalue weighted by molar-refractivity contribution is -0.384. The van der Waals surface area contributed by atoms with Crippen LogP contribution in [0.2, 0.25) is 0 Å². The summed E-state index contributed by atoms with van der Waals surface area (Å²) in [7, 11) is 3.07. The van der Waals surface area contributed by atoms with E-state index >= 15 is 0 Å². The average Bonchev–Trinajstić information content (AvgIpc) is 3.71. The van der Waals surface area contributed by atoms with Crippen LogP contribution in [0, 0.1) is 10.1 Å². The first-order chi connectivity index (χ1) is 25.7. The van der Waals surface area contributed by atoms with E-state index in [1.807, 2.05) is 77.4 Å². The molecule has 0 N–H and O–H groups in total. The summed E-state index contributed by atoms with van der Waals surface area (Å²) in [6.45, 7) is 3.60. The number of thiazole rings is 1. The molecular weight excluding hydrogens is 693 g/mol. The standard InChI is InChI=1S/C41H34N4O7S/c1-5-52-40(47)36-25(2)42-41-44(38(36)32-21-20-31(50-3)24-34(32)51-4)39(46)35(53-41)23-28-22-33(26-12-8-6-9-13-26)43(37(28)27-14-10-7-11-15-27)29-16-18-30(19-17-29)45(48)49/h6-24,38H,5H2,1-4H3/b35-23-/t38-/m0/s1. The van der Waals surface area contributed by atoms with Gasteiger partial charge in [0.25, 0.3) is 11.2 Å². The van der Waals surface area contributed by atoms with Gasteiger partial charge < -0.3 is 18.8 Å². The quantitative estimate of drug-likeness (QED) is 0.0859. The number of nitro benzene ring substituents is 1. The smallest absolute Gasteiger partial charge is 0.338 e. The Hall–Kier alpha value is -6.53. The van der Waals surface area contributed by atoms with E-state index in [0.29, 0.717) is 37.8 Å². The third-order valence-corrected chi connectivity index (χ3v) is 9.99. The molecule has 12 heteroatoms. The van der Waals surface area contributed by atoms with E-state index < -0.39 is 16.9 Å². The van der Waals surface area contributed by atoms with Crippen molar-refractivity contribution in [3.8, 4) is 39.7 Å². The fourth-order valence-corrected chi connectivity index (χ4v) is 7.65. The van der Waals surface area contributed by atoms with Gasteiger partial charge in [-0.25, -0.2) is 9.79 Å². The van der Waals surface area contributed by atoms with E-state index in [1.54, 1.807) is 51.3 Å². The third kappa shape index (κ3) is 6.44. The van der Waals surface area contributed by atoms with Crippen molar-refractivity contribution in [2.24, 2.45) is 4.99 Å². The van der Waals surface area contributed by atoms with Crippen LogP contribution in [0.15, 0.2) is 130 Å². The molecular formula is C41H34N4O7S. The number of esters is 1. The Bertz CT molecular complexity index is 2570. The minimum atomic E-state index is -0.897. The van der Waals surface area contributed by atoms with Gasteiger partial charge in [0.2, 0.25) is 0 Å². The average molecular weight is 727 g/mol. The second-order valence-electron chi connectivity index (χ2n) is 12.1. The molecule has 0 bridgehead atoms. The summed E-state index contributed by atoms with van der Waals surface area (Å²) in [6, 6.07) is 32.3. The second kappa shape index (κ2) is 14.6. The highest BCUT2D eigenvalue weighted by atomic mass is 32.1. The van der Waals surface area contributed by atoms with Crippen molar-refractivity contribution in [2.45, 2.75) is 19.9 Å². The van der Waals surface area contributed by atoms with Gasteiger partial charge in [-0.2, -0.15) is 0 Å². The molecule has 53 heavy (non-hydrogen) atoms. The predicted octanol–water partition coefficient (Wildman–Crippen LogP) is 6.85. The fraction of sp³-hybridized carbons (Fsp3) is 0.146. The number of rotatable bonds is 10. The lowest BCUT2D eigenvalue weighted by Crippen LogP contribution is -2.40. The van der Waals surface area contributed by atoms with Crippen molar-refractivity contribution in [3.63, 3.8) is 0 Å². The Labute approximate surface area is 308 Å². The number of aromatic nitrogens is 2. The van der Waals surface area contributed by atoms with Gasteiger partial charge in [0.1, 0.15) is 17.5 Å². The minimum absolute atomic E-state index is 0.0229. The summed E-state index contributed by atoms with van der Waals surface area (Å²) in [6.07, 6.45) is 1.84. The van der Waals surface area contributed by atoms with Gasteiger partial charge in [0, 0.05) is 35.0 Å². The van der Waals surface area contributed by atoms with Crippen LogP contribution < -0.4 is 24.4 Å². The van der Waals surface area contributed by atoms with Crippen LogP contribution in [0.3, 0.4) is 0 Å². The van der Waals surface area contributed by atoms with E-state index in [9.17, 15) is 19.7 Å². The third-order valence-electron chi connectivity index (χ3n) is 9.00. The van der Waals surface area contributed by atoms with Crippen LogP contribution in [0.4, 0.5) is 5.69 Å². The molecule has 266 valence electrons. The molecule has 0 fully saturated rings. The molecule has 6 aromatic rings. The summed E-state index contributed by atoms with van der Waals surface area (Å²) >= 11 is 1.22. The number of hydrogen-bond donors (Lipinski definition) is 0. The zero-order chi connectivity index (χ0) is 37.2. The first-order valence-corrected chi connectivity index (χ1v) is 17.6. The molecule has 1 aliphatic rings. The van der Waals surface area contributed by atoms with Gasteiger partial charge in [-0.05, 0) is 61.4 Å². The summed E-state index contributed by atoms with van der Waals surface area (Å²) in [4.78, 5) is 44.5. The number of methoxy groups -OCH3 is 2. The summed E-state index contributed by atoms with van der Waals surface area (Å²) in [5.74, 6) is 0.404. The SMILES string of the molecule is CCOC(=O)C1=C(C)N=c2s/c(=C\c3cc(-c4ccccc4)n(-c4ccc([N+](=O)[O-])cc4)c3-c3ccccc3)c(=O)n2[C@H]1c1ccc(OC)cc1OC. The number of fused-ring (bicyclic) bond motifs is 1. The molecule has 4 aromatic carbocycles. The number of ether oxygens (including phenoxy) is 3. The predicted molar refractivity (Wildman–Crippen MR) is 203 cm³/mol. The molecule has 2 aromatic heterocycles. The van der Waals surface area contributed by atoms with Crippen LogP contribution in [-0.2, 0) is 9.53 Å². The maximum Gasteiger partial charge on any atom is 0.338 e. The van der Waals surface area contributed by atoms with Gasteiger partial charge in [-0.3, -0.25) is 19.5 Å². The molecule has 0 saturated heterocycles. The molecule has 0 unspecified atom stereocenters. The Kier molecular flexibility index (Phi) is 9.62. The Morgan fingerprint density at radius 3 is 2.23 bits per heavy atom. The normalized spacial score (nSPS) is 14.0. The lowest BCUT2D eigenvalue weighted by Gasteiger charge is -2.26. The van der Waals surface area contributed by atoms with E-state index in [1.165, 1.54) is 35.1 Å². The van der Waals surface area contributed by atoms with Crippen LogP contribution in [0.25, 0.3) is 34.3 Å². The maximum atomic E-state index is 14.7. The lowest BCUT2D eigenvalue weighted by atomic mass is 9.95. The number of nitro groups is 1. The monoisotopic (exact) mass is 726 g/mol. The maximum absolute atomic E-state index is 14.7. The first-order valence-electron chi connectivity index (χ1n) is 16.8. The van der Waals surface area contributed by atoms with E-state index in [0.717, 1.165) is 28.1 Å². The zero-order valence-electron chi connectivity index (χ0n) is 29.3. The Balaban J connectivity index is 1.51. The van der Waals surface area contributed by atoms with Crippen LogP contribution in [0.5, 0.6) is 11.5 Å². The fourth-order valence-electron chi connectivity index (χ4n) is 6.62. The topological polar surface area (TPSA) is 127 Å². The first kappa shape index (κ1) is 34.9. The van der Waals surface area contributed by atoms with Gasteiger partial charge in [0.15, 0.2) is 4.80 Å². The number of carbonyl (C=O) groups excluding carboxylic acids is 1. The molecule has 3 heterocycles. The zero-order valence-corrected chi connectivity index (χ0v) is 30.1. The van der Waals surface area contributed by atoms with Gasteiger partial charge >= 0.3 is 5.97 Å². The summed E-state index contributed by atoms with van der Waals surface area (Å²) in [5, 5.41) is 11.6. The van der Waals surface area contributed by atoms with Gasteiger partial charge in [0.05, 0.1) is 52.9 Å². The number of allylic oxidation sites excluding steroid dienone is 1. The van der Waals surface area contributed by atoms with Crippen LogP contribution in [-0.4, -0.2) is 40.9 Å². The van der Waals surface area contributed by atoms with Crippen LogP contribution >= 0.6 is 11.3 Å². The number of non-ortho nitro benzene ring substituents is 1. The molecule has 0 saturated carbocycles. The van der Waals surface area contributed by atoms with Crippen molar-refractivity contribution in [1.82, 2.24) is 9.13 Å². The minimum Gasteiger partial charge on any atom is -0.497 e. The van der Waals surface area contributed by atoms with E-state index in [4.69, 9.17) is 19.2 Å². The number of hydrogen-bond acceptors (Lipinski definition) is 9. The number of nitrogens with zero attached hydrogens (tertiary/aromatic N) is 4.